The summed E-state index contributed by atoms with van der Waals surface area (Å²) in [5.41, 5.74) is 0. The minimum Gasteiger partial charge on any atom is -0.240 e. The van der Waals surface area contributed by atoms with Gasteiger partial charge in [0.25, 0.3) is 6.33 Å². The average molecular weight is 95.1 g/mol. The first-order valence-corrected chi connectivity index (χ1v) is 2.15. The molecule has 0 fully saturated rings. The number of rotatable bonds is 0. The van der Waals surface area contributed by atoms with Crippen molar-refractivity contribution in [3.05, 3.63) is 24.8 Å². The highest BCUT2D eigenvalue weighted by Gasteiger charge is 1.79. The number of hydrogen-bond donors (Lipinski definition) is 0. The van der Waals surface area contributed by atoms with E-state index in [0.29, 0.717) is 0 Å². The summed E-state index contributed by atoms with van der Waals surface area (Å²) in [6, 6.07) is 1.89. The van der Waals surface area contributed by atoms with Gasteiger partial charge in [0.05, 0.1) is 13.2 Å². The fourth-order valence-corrected chi connectivity index (χ4v) is 0.406. The molecule has 0 atom stereocenters. The Morgan fingerprint density at radius 3 is 2.71 bits per heavy atom. The standard InChI is InChI=1S/C5H7N2/c1-7-4-2-3-6-5-7/h2-5H,1H3/q+1. The van der Waals surface area contributed by atoms with Gasteiger partial charge in [-0.1, -0.05) is 4.98 Å². The molecule has 0 aliphatic rings. The van der Waals surface area contributed by atoms with Crippen molar-refractivity contribution in [1.82, 2.24) is 4.98 Å². The molecule has 0 saturated heterocycles. The van der Waals surface area contributed by atoms with E-state index in [1.807, 2.05) is 23.9 Å². The van der Waals surface area contributed by atoms with Crippen LogP contribution in [0.3, 0.4) is 0 Å². The molecule has 0 bridgehead atoms. The van der Waals surface area contributed by atoms with Gasteiger partial charge in [-0.3, -0.25) is 0 Å². The van der Waals surface area contributed by atoms with Gasteiger partial charge in [-0.25, -0.2) is 4.57 Å². The quantitative estimate of drug-likeness (QED) is 0.411. The second-order valence-electron chi connectivity index (χ2n) is 1.42. The molecule has 2 heteroatoms. The van der Waals surface area contributed by atoms with Crippen LogP contribution in [0.25, 0.3) is 0 Å². The molecule has 7 heavy (non-hydrogen) atoms. The lowest BCUT2D eigenvalue weighted by Crippen LogP contribution is -2.26. The van der Waals surface area contributed by atoms with E-state index in [0.717, 1.165) is 0 Å². The van der Waals surface area contributed by atoms with Crippen molar-refractivity contribution in [1.29, 1.82) is 0 Å². The lowest BCUT2D eigenvalue weighted by molar-refractivity contribution is -0.674. The van der Waals surface area contributed by atoms with E-state index in [9.17, 15) is 0 Å². The van der Waals surface area contributed by atoms with Crippen LogP contribution in [0.4, 0.5) is 0 Å². The number of aryl methyl sites for hydroxylation is 1. The molecular formula is C5H7N2+. The van der Waals surface area contributed by atoms with Crippen molar-refractivity contribution >= 4 is 0 Å². The molecule has 0 N–H and O–H groups in total. The van der Waals surface area contributed by atoms with Crippen LogP contribution >= 0.6 is 0 Å². The van der Waals surface area contributed by atoms with E-state index in [-0.39, 0.29) is 0 Å². The predicted molar refractivity (Wildman–Crippen MR) is 25.4 cm³/mol. The first kappa shape index (κ1) is 4.24. The maximum atomic E-state index is 3.85. The SMILES string of the molecule is C[n+]1cccnc1. The Morgan fingerprint density at radius 2 is 2.43 bits per heavy atom. The molecule has 0 spiro atoms. The van der Waals surface area contributed by atoms with Gasteiger partial charge in [0.15, 0.2) is 0 Å². The molecular weight excluding hydrogens is 88.1 g/mol. The number of nitrogens with zero attached hydrogens (tertiary/aromatic N) is 2. The molecule has 0 aliphatic heterocycles. The smallest absolute Gasteiger partial charge is 0.240 e. The summed E-state index contributed by atoms with van der Waals surface area (Å²) in [5.74, 6) is 0. The van der Waals surface area contributed by atoms with Gasteiger partial charge in [0, 0.05) is 6.07 Å². The molecule has 36 valence electrons. The van der Waals surface area contributed by atoms with Gasteiger partial charge in [-0.2, -0.15) is 0 Å². The van der Waals surface area contributed by atoms with E-state index in [2.05, 4.69) is 4.98 Å². The van der Waals surface area contributed by atoms with Crippen molar-refractivity contribution in [2.75, 3.05) is 0 Å². The van der Waals surface area contributed by atoms with E-state index in [4.69, 9.17) is 0 Å². The van der Waals surface area contributed by atoms with E-state index in [1.54, 1.807) is 12.5 Å². The lowest BCUT2D eigenvalue weighted by atomic mass is 10.7. The predicted octanol–water partition coefficient (Wildman–Crippen LogP) is -0.0939. The van der Waals surface area contributed by atoms with Crippen molar-refractivity contribution in [3.8, 4) is 0 Å². The Bertz CT molecular complexity index is 136. The van der Waals surface area contributed by atoms with E-state index >= 15 is 0 Å². The van der Waals surface area contributed by atoms with E-state index in [1.165, 1.54) is 0 Å². The highest BCUT2D eigenvalue weighted by atomic mass is 15.0. The van der Waals surface area contributed by atoms with E-state index < -0.39 is 0 Å². The molecule has 0 radical (unpaired) electrons. The van der Waals surface area contributed by atoms with Gasteiger partial charge in [-0.15, -0.1) is 0 Å². The second-order valence-corrected chi connectivity index (χ2v) is 1.42. The summed E-state index contributed by atoms with van der Waals surface area (Å²) >= 11 is 0. The van der Waals surface area contributed by atoms with Crippen molar-refractivity contribution < 1.29 is 4.57 Å². The summed E-state index contributed by atoms with van der Waals surface area (Å²) in [5, 5.41) is 0. The summed E-state index contributed by atoms with van der Waals surface area (Å²) < 4.78 is 1.89. The zero-order valence-corrected chi connectivity index (χ0v) is 4.20. The maximum Gasteiger partial charge on any atom is 0.285 e. The van der Waals surface area contributed by atoms with Crippen LogP contribution in [0.5, 0.6) is 0 Å². The molecule has 0 amide bonds. The average Bonchev–Trinajstić information content (AvgIpc) is 1.69. The van der Waals surface area contributed by atoms with Crippen LogP contribution in [0.1, 0.15) is 0 Å². The van der Waals surface area contributed by atoms with Crippen LogP contribution in [0.15, 0.2) is 24.8 Å². The Hall–Kier alpha value is -0.920. The fourth-order valence-electron chi connectivity index (χ4n) is 0.406. The number of aromatic nitrogens is 2. The molecule has 1 heterocycles. The van der Waals surface area contributed by atoms with Crippen LogP contribution in [0, 0.1) is 0 Å². The largest absolute Gasteiger partial charge is 0.285 e. The highest BCUT2D eigenvalue weighted by molar-refractivity contribution is 4.68. The maximum absolute atomic E-state index is 3.85. The monoisotopic (exact) mass is 95.1 g/mol. The molecule has 0 aromatic carbocycles. The third-order valence-electron chi connectivity index (χ3n) is 0.742. The zero-order chi connectivity index (χ0) is 5.11. The molecule has 2 nitrogen and oxygen atoms in total. The van der Waals surface area contributed by atoms with Gasteiger partial charge in [0.1, 0.15) is 6.20 Å². The lowest BCUT2D eigenvalue weighted by Gasteiger charge is -1.78. The summed E-state index contributed by atoms with van der Waals surface area (Å²) in [6.07, 6.45) is 5.44. The fraction of sp³-hybridized carbons (Fsp3) is 0.200. The molecule has 0 aliphatic carbocycles. The molecule has 0 saturated carbocycles. The first-order valence-electron chi connectivity index (χ1n) is 2.15. The normalized spacial score (nSPS) is 8.71. The Labute approximate surface area is 42.4 Å². The molecule has 1 aromatic rings. The topological polar surface area (TPSA) is 16.8 Å². The van der Waals surface area contributed by atoms with Crippen molar-refractivity contribution in [2.24, 2.45) is 7.05 Å². The van der Waals surface area contributed by atoms with Crippen molar-refractivity contribution in [3.63, 3.8) is 0 Å². The summed E-state index contributed by atoms with van der Waals surface area (Å²) in [6.45, 7) is 0. The zero-order valence-electron chi connectivity index (χ0n) is 4.20. The van der Waals surface area contributed by atoms with Crippen LogP contribution < -0.4 is 4.57 Å². The Kier molecular flexibility index (Phi) is 1.02. The van der Waals surface area contributed by atoms with Gasteiger partial charge in [0.2, 0.25) is 0 Å². The molecule has 1 aromatic heterocycles. The molecule has 1 rings (SSSR count). The first-order chi connectivity index (χ1) is 3.39. The van der Waals surface area contributed by atoms with Gasteiger partial charge < -0.3 is 0 Å². The Morgan fingerprint density at radius 1 is 1.57 bits per heavy atom. The van der Waals surface area contributed by atoms with Crippen LogP contribution in [0.2, 0.25) is 0 Å². The van der Waals surface area contributed by atoms with Gasteiger partial charge in [-0.05, 0) is 0 Å². The second kappa shape index (κ2) is 1.69. The highest BCUT2D eigenvalue weighted by Crippen LogP contribution is 1.64. The van der Waals surface area contributed by atoms with Crippen LogP contribution in [-0.2, 0) is 7.05 Å². The summed E-state index contributed by atoms with van der Waals surface area (Å²) in [7, 11) is 1.94. The third kappa shape index (κ3) is 0.961. The minimum atomic E-state index is 1.75. The third-order valence-corrected chi connectivity index (χ3v) is 0.742. The van der Waals surface area contributed by atoms with Crippen molar-refractivity contribution in [2.45, 2.75) is 0 Å². The van der Waals surface area contributed by atoms with Gasteiger partial charge >= 0.3 is 0 Å². The van der Waals surface area contributed by atoms with Crippen LogP contribution in [-0.4, -0.2) is 4.98 Å². The molecule has 0 unspecified atom stereocenters. The minimum absolute atomic E-state index is 1.75. The summed E-state index contributed by atoms with van der Waals surface area (Å²) in [4.78, 5) is 3.85. The number of hydrogen-bond acceptors (Lipinski definition) is 1. The Balaban J connectivity index is 3.02.